The molecule has 0 radical (unpaired) electrons. The summed E-state index contributed by atoms with van der Waals surface area (Å²) in [6.45, 7) is 2.83. The van der Waals surface area contributed by atoms with Gasteiger partial charge < -0.3 is 21.3 Å². The molecule has 2 aliphatic heterocycles. The van der Waals surface area contributed by atoms with Crippen LogP contribution < -0.4 is 21.3 Å². The summed E-state index contributed by atoms with van der Waals surface area (Å²) < 4.78 is 0. The molecule has 0 aromatic heterocycles. The van der Waals surface area contributed by atoms with Crippen LogP contribution >= 0.6 is 11.8 Å². The average Bonchev–Trinajstić information content (AvgIpc) is 3.21. The topological polar surface area (TPSA) is 99.3 Å². The summed E-state index contributed by atoms with van der Waals surface area (Å²) in [7, 11) is 0. The number of nitrogens with one attached hydrogen (secondary N) is 4. The predicted molar refractivity (Wildman–Crippen MR) is 112 cm³/mol. The van der Waals surface area contributed by atoms with E-state index in [2.05, 4.69) is 33.1 Å². The van der Waals surface area contributed by atoms with Crippen molar-refractivity contribution in [2.75, 3.05) is 18.8 Å². The number of hydrogen-bond donors (Lipinski definition) is 4. The van der Waals surface area contributed by atoms with Gasteiger partial charge in [-0.2, -0.15) is 11.8 Å². The van der Waals surface area contributed by atoms with Crippen LogP contribution in [0.2, 0.25) is 0 Å². The molecule has 4 amide bonds. The Kier molecular flexibility index (Phi) is 10.0. The summed E-state index contributed by atoms with van der Waals surface area (Å²) in [5.74, 6) is 6.65. The molecule has 3 atom stereocenters. The lowest BCUT2D eigenvalue weighted by molar-refractivity contribution is -0.122. The van der Waals surface area contributed by atoms with Gasteiger partial charge >= 0.3 is 6.03 Å². The van der Waals surface area contributed by atoms with Crippen molar-refractivity contribution in [3.8, 4) is 11.8 Å². The highest BCUT2D eigenvalue weighted by Crippen LogP contribution is 2.33. The van der Waals surface area contributed by atoms with E-state index in [1.807, 2.05) is 11.8 Å². The zero-order chi connectivity index (χ0) is 20.2. The van der Waals surface area contributed by atoms with Gasteiger partial charge in [-0.1, -0.05) is 18.8 Å². The number of unbranched alkanes of at least 4 members (excludes halogenated alkanes) is 3. The molecular formula is C20H32N4O3S. The Hall–Kier alpha value is -1.88. The van der Waals surface area contributed by atoms with E-state index in [1.54, 1.807) is 6.92 Å². The Morgan fingerprint density at radius 1 is 1.07 bits per heavy atom. The van der Waals surface area contributed by atoms with Crippen molar-refractivity contribution < 1.29 is 14.4 Å². The number of rotatable bonds is 12. The van der Waals surface area contributed by atoms with E-state index >= 15 is 0 Å². The molecule has 8 heteroatoms. The minimum atomic E-state index is -0.0499. The first kappa shape index (κ1) is 22.4. The molecule has 28 heavy (non-hydrogen) atoms. The normalized spacial score (nSPS) is 22.5. The van der Waals surface area contributed by atoms with E-state index in [1.165, 1.54) is 0 Å². The first-order valence-electron chi connectivity index (χ1n) is 10.2. The van der Waals surface area contributed by atoms with E-state index in [0.29, 0.717) is 31.2 Å². The van der Waals surface area contributed by atoms with Crippen LogP contribution in [0.4, 0.5) is 4.79 Å². The second-order valence-corrected chi connectivity index (χ2v) is 8.50. The molecule has 4 N–H and O–H groups in total. The molecule has 0 aliphatic carbocycles. The standard InChI is InChI=1S/C20H32N4O3S/c1-2-3-12-21-17(25)10-5-4-8-13-22-18(26)11-7-6-9-16-19-15(14-28-16)23-20(27)24-19/h15-16,19H,4-14H2,1H3,(H,21,25)(H,22,26)(H2,23,24,27). The summed E-state index contributed by atoms with van der Waals surface area (Å²) in [5.41, 5.74) is 0. The van der Waals surface area contributed by atoms with Gasteiger partial charge in [-0.05, 0) is 32.6 Å². The summed E-state index contributed by atoms with van der Waals surface area (Å²) in [6.07, 6.45) is 6.62. The quantitative estimate of drug-likeness (QED) is 0.224. The largest absolute Gasteiger partial charge is 0.356 e. The first-order chi connectivity index (χ1) is 13.6. The first-order valence-corrected chi connectivity index (χ1v) is 11.3. The molecule has 156 valence electrons. The smallest absolute Gasteiger partial charge is 0.315 e. The maximum atomic E-state index is 11.9. The molecule has 0 aromatic rings. The number of fused-ring (bicyclic) bond motifs is 1. The fourth-order valence-electron chi connectivity index (χ4n) is 3.50. The van der Waals surface area contributed by atoms with Crippen molar-refractivity contribution in [3.63, 3.8) is 0 Å². The zero-order valence-corrected chi connectivity index (χ0v) is 17.5. The molecule has 0 spiro atoms. The monoisotopic (exact) mass is 408 g/mol. The van der Waals surface area contributed by atoms with Gasteiger partial charge in [0.25, 0.3) is 0 Å². The number of thioether (sulfide) groups is 1. The third-order valence-electron chi connectivity index (χ3n) is 5.03. The van der Waals surface area contributed by atoms with Gasteiger partial charge in [-0.25, -0.2) is 4.79 Å². The molecule has 2 saturated heterocycles. The molecule has 2 fully saturated rings. The minimum Gasteiger partial charge on any atom is -0.356 e. The third-order valence-corrected chi connectivity index (χ3v) is 6.54. The van der Waals surface area contributed by atoms with Crippen molar-refractivity contribution >= 4 is 29.6 Å². The van der Waals surface area contributed by atoms with E-state index in [4.69, 9.17) is 0 Å². The summed E-state index contributed by atoms with van der Waals surface area (Å²) >= 11 is 1.91. The van der Waals surface area contributed by atoms with Crippen LogP contribution in [-0.4, -0.2) is 54.0 Å². The van der Waals surface area contributed by atoms with Gasteiger partial charge in [-0.3, -0.25) is 9.59 Å². The fourth-order valence-corrected chi connectivity index (χ4v) is 5.04. The maximum Gasteiger partial charge on any atom is 0.315 e. The number of urea groups is 1. The summed E-state index contributed by atoms with van der Waals surface area (Å²) in [4.78, 5) is 34.8. The lowest BCUT2D eigenvalue weighted by Gasteiger charge is -2.16. The number of carbonyl (C=O) groups excluding carboxylic acids is 3. The van der Waals surface area contributed by atoms with Crippen LogP contribution in [0.1, 0.15) is 58.3 Å². The number of hydrogen-bond acceptors (Lipinski definition) is 4. The second-order valence-electron chi connectivity index (χ2n) is 7.23. The Morgan fingerprint density at radius 3 is 2.61 bits per heavy atom. The van der Waals surface area contributed by atoms with Crippen LogP contribution in [0.3, 0.4) is 0 Å². The van der Waals surface area contributed by atoms with Crippen LogP contribution in [0.5, 0.6) is 0 Å². The zero-order valence-electron chi connectivity index (χ0n) is 16.6. The van der Waals surface area contributed by atoms with E-state index in [0.717, 1.165) is 44.3 Å². The lowest BCUT2D eigenvalue weighted by atomic mass is 10.0. The van der Waals surface area contributed by atoms with E-state index in [-0.39, 0.29) is 29.9 Å². The van der Waals surface area contributed by atoms with Gasteiger partial charge in [0.2, 0.25) is 11.8 Å². The molecule has 3 unspecified atom stereocenters. The Morgan fingerprint density at radius 2 is 1.82 bits per heavy atom. The molecule has 2 rings (SSSR count). The Balaban J connectivity index is 1.40. The van der Waals surface area contributed by atoms with Gasteiger partial charge in [0.1, 0.15) is 0 Å². The Labute approximate surface area is 171 Å². The third kappa shape index (κ3) is 8.01. The van der Waals surface area contributed by atoms with Gasteiger partial charge in [0.05, 0.1) is 18.6 Å². The lowest BCUT2D eigenvalue weighted by Crippen LogP contribution is -2.36. The average molecular weight is 409 g/mol. The molecule has 0 bridgehead atoms. The van der Waals surface area contributed by atoms with Crippen molar-refractivity contribution in [3.05, 3.63) is 0 Å². The molecule has 2 aliphatic rings. The highest BCUT2D eigenvalue weighted by atomic mass is 32.2. The van der Waals surface area contributed by atoms with Crippen molar-refractivity contribution in [2.24, 2.45) is 0 Å². The Bertz CT molecular complexity index is 602. The van der Waals surface area contributed by atoms with E-state index in [9.17, 15) is 14.4 Å². The number of amides is 4. The SMILES string of the molecule is CC#CCNC(=O)CCCCCNC(=O)CCCCC1SCC2NC(=O)NC21. The van der Waals surface area contributed by atoms with Crippen LogP contribution in [-0.2, 0) is 9.59 Å². The van der Waals surface area contributed by atoms with Gasteiger partial charge in [0, 0.05) is 30.4 Å². The van der Waals surface area contributed by atoms with Crippen LogP contribution in [0.25, 0.3) is 0 Å². The van der Waals surface area contributed by atoms with Gasteiger partial charge in [0.15, 0.2) is 0 Å². The van der Waals surface area contributed by atoms with E-state index < -0.39 is 0 Å². The van der Waals surface area contributed by atoms with Gasteiger partial charge in [-0.15, -0.1) is 5.92 Å². The minimum absolute atomic E-state index is 0.0338. The number of carbonyl (C=O) groups is 3. The van der Waals surface area contributed by atoms with Crippen LogP contribution in [0, 0.1) is 11.8 Å². The summed E-state index contributed by atoms with van der Waals surface area (Å²) in [6, 6.07) is 0.459. The van der Waals surface area contributed by atoms with Crippen molar-refractivity contribution in [1.29, 1.82) is 0 Å². The van der Waals surface area contributed by atoms with Crippen molar-refractivity contribution in [1.82, 2.24) is 21.3 Å². The second kappa shape index (κ2) is 12.6. The highest BCUT2D eigenvalue weighted by molar-refractivity contribution is 8.00. The molecule has 7 nitrogen and oxygen atoms in total. The molecule has 0 aromatic carbocycles. The van der Waals surface area contributed by atoms with Crippen molar-refractivity contribution in [2.45, 2.75) is 75.6 Å². The molecular weight excluding hydrogens is 376 g/mol. The van der Waals surface area contributed by atoms with Crippen LogP contribution in [0.15, 0.2) is 0 Å². The molecule has 0 saturated carbocycles. The fraction of sp³-hybridized carbons (Fsp3) is 0.750. The molecule has 2 heterocycles. The maximum absolute atomic E-state index is 11.9. The predicted octanol–water partition coefficient (Wildman–Crippen LogP) is 1.53. The highest BCUT2D eigenvalue weighted by Gasteiger charge is 2.42. The summed E-state index contributed by atoms with van der Waals surface area (Å²) in [5, 5.41) is 12.1.